The average molecular weight is 260 g/mol. The minimum atomic E-state index is -0.0380. The average Bonchev–Trinajstić information content (AvgIpc) is 2.46. The van der Waals surface area contributed by atoms with Gasteiger partial charge in [-0.1, -0.05) is 24.3 Å². The second-order valence-corrected chi connectivity index (χ2v) is 4.58. The molecule has 0 aliphatic carbocycles. The van der Waals surface area contributed by atoms with Crippen LogP contribution in [0.15, 0.2) is 30.3 Å². The van der Waals surface area contributed by atoms with Crippen LogP contribution >= 0.6 is 0 Å². The number of aliphatic hydroxyl groups excluding tert-OH is 1. The van der Waals surface area contributed by atoms with Gasteiger partial charge in [0.05, 0.1) is 12.3 Å². The van der Waals surface area contributed by atoms with Crippen molar-refractivity contribution in [2.24, 2.45) is 0 Å². The van der Waals surface area contributed by atoms with E-state index in [4.69, 9.17) is 4.74 Å². The van der Waals surface area contributed by atoms with Gasteiger partial charge in [-0.2, -0.15) is 0 Å². The van der Waals surface area contributed by atoms with Crippen LogP contribution in [0, 0.1) is 0 Å². The number of benzene rings is 1. The summed E-state index contributed by atoms with van der Waals surface area (Å²) in [6, 6.07) is 10.0. The molecular weight excluding hydrogens is 240 g/mol. The number of hydrogen-bond donors (Lipinski definition) is 1. The number of pyridine rings is 1. The maximum atomic E-state index is 9.32. The molecule has 0 bridgehead atoms. The maximum Gasteiger partial charge on any atom is 0.136 e. The van der Waals surface area contributed by atoms with E-state index in [1.807, 2.05) is 31.3 Å². The van der Waals surface area contributed by atoms with Crippen LogP contribution in [0.3, 0.4) is 0 Å². The van der Waals surface area contributed by atoms with Crippen molar-refractivity contribution >= 4 is 16.6 Å². The molecule has 0 amide bonds. The lowest BCUT2D eigenvalue weighted by atomic mass is 10.1. The van der Waals surface area contributed by atoms with Crippen molar-refractivity contribution in [3.63, 3.8) is 0 Å². The molecule has 19 heavy (non-hydrogen) atoms. The van der Waals surface area contributed by atoms with Crippen LogP contribution in [0.2, 0.25) is 0 Å². The Morgan fingerprint density at radius 1 is 1.32 bits per heavy atom. The van der Waals surface area contributed by atoms with E-state index in [-0.39, 0.29) is 6.61 Å². The fourth-order valence-electron chi connectivity index (χ4n) is 2.16. The summed E-state index contributed by atoms with van der Waals surface area (Å²) in [5, 5.41) is 11.5. The van der Waals surface area contributed by atoms with E-state index in [0.29, 0.717) is 5.69 Å². The minimum Gasteiger partial charge on any atom is -0.390 e. The molecule has 4 heteroatoms. The zero-order chi connectivity index (χ0) is 13.7. The van der Waals surface area contributed by atoms with Crippen molar-refractivity contribution in [3.05, 3.63) is 36.0 Å². The quantitative estimate of drug-likeness (QED) is 0.809. The van der Waals surface area contributed by atoms with E-state index < -0.39 is 0 Å². The molecule has 0 spiro atoms. The molecule has 0 radical (unpaired) electrons. The largest absolute Gasteiger partial charge is 0.390 e. The Bertz CT molecular complexity index is 543. The highest BCUT2D eigenvalue weighted by Gasteiger charge is 2.09. The van der Waals surface area contributed by atoms with Crippen LogP contribution in [0.5, 0.6) is 0 Å². The molecule has 1 aromatic heterocycles. The number of rotatable bonds is 6. The topological polar surface area (TPSA) is 45.6 Å². The zero-order valence-electron chi connectivity index (χ0n) is 11.5. The Morgan fingerprint density at radius 2 is 2.11 bits per heavy atom. The summed E-state index contributed by atoms with van der Waals surface area (Å²) in [5.74, 6) is 0.915. The van der Waals surface area contributed by atoms with Gasteiger partial charge in [-0.05, 0) is 17.9 Å². The number of aliphatic hydroxyl groups is 1. The minimum absolute atomic E-state index is 0.0380. The normalized spacial score (nSPS) is 10.9. The lowest BCUT2D eigenvalue weighted by Crippen LogP contribution is -2.21. The highest BCUT2D eigenvalue weighted by molar-refractivity contribution is 5.92. The lowest BCUT2D eigenvalue weighted by Gasteiger charge is -2.20. The van der Waals surface area contributed by atoms with Crippen molar-refractivity contribution in [2.75, 3.05) is 32.2 Å². The number of aromatic nitrogens is 1. The number of anilines is 1. The van der Waals surface area contributed by atoms with Gasteiger partial charge < -0.3 is 14.7 Å². The first kappa shape index (κ1) is 13.8. The van der Waals surface area contributed by atoms with E-state index in [1.165, 1.54) is 0 Å². The predicted octanol–water partition coefficient (Wildman–Crippen LogP) is 2.20. The smallest absolute Gasteiger partial charge is 0.136 e. The van der Waals surface area contributed by atoms with Gasteiger partial charge >= 0.3 is 0 Å². The fraction of sp³-hybridized carbons (Fsp3) is 0.400. The number of nitrogens with zero attached hydrogens (tertiary/aromatic N) is 2. The second kappa shape index (κ2) is 6.50. The molecule has 0 aliphatic rings. The monoisotopic (exact) mass is 260 g/mol. The second-order valence-electron chi connectivity index (χ2n) is 4.58. The molecule has 0 fully saturated rings. The molecular formula is C15H20N2O2. The molecule has 1 heterocycles. The number of fused-ring (bicyclic) bond motifs is 1. The van der Waals surface area contributed by atoms with Gasteiger partial charge in [0.2, 0.25) is 0 Å². The molecule has 1 N–H and O–H groups in total. The first-order valence-electron chi connectivity index (χ1n) is 6.46. The first-order chi connectivity index (χ1) is 9.26. The van der Waals surface area contributed by atoms with Gasteiger partial charge in [-0.15, -0.1) is 0 Å². The molecule has 102 valence electrons. The third kappa shape index (κ3) is 3.22. The van der Waals surface area contributed by atoms with E-state index in [9.17, 15) is 5.11 Å². The van der Waals surface area contributed by atoms with Crippen molar-refractivity contribution in [1.82, 2.24) is 4.98 Å². The molecule has 0 saturated carbocycles. The SMILES string of the molecule is COCCCN(C)c1nc(CO)cc2ccccc12. The number of ether oxygens (including phenoxy) is 1. The van der Waals surface area contributed by atoms with E-state index in [2.05, 4.69) is 16.0 Å². The summed E-state index contributed by atoms with van der Waals surface area (Å²) in [5.41, 5.74) is 0.701. The van der Waals surface area contributed by atoms with Crippen LogP contribution in [-0.4, -0.2) is 37.4 Å². The van der Waals surface area contributed by atoms with Crippen LogP contribution in [0.1, 0.15) is 12.1 Å². The lowest BCUT2D eigenvalue weighted by molar-refractivity contribution is 0.196. The van der Waals surface area contributed by atoms with Gasteiger partial charge in [-0.3, -0.25) is 0 Å². The summed E-state index contributed by atoms with van der Waals surface area (Å²) >= 11 is 0. The molecule has 0 atom stereocenters. The van der Waals surface area contributed by atoms with Crippen LogP contribution in [0.25, 0.3) is 10.8 Å². The molecule has 0 unspecified atom stereocenters. The van der Waals surface area contributed by atoms with Crippen molar-refractivity contribution in [3.8, 4) is 0 Å². The molecule has 0 saturated heterocycles. The third-order valence-electron chi connectivity index (χ3n) is 3.14. The Balaban J connectivity index is 2.34. The molecule has 0 aliphatic heterocycles. The molecule has 1 aromatic carbocycles. The summed E-state index contributed by atoms with van der Waals surface area (Å²) in [6.45, 7) is 1.57. The first-order valence-corrected chi connectivity index (χ1v) is 6.46. The van der Waals surface area contributed by atoms with Crippen molar-refractivity contribution < 1.29 is 9.84 Å². The van der Waals surface area contributed by atoms with Crippen molar-refractivity contribution in [2.45, 2.75) is 13.0 Å². The number of methoxy groups -OCH3 is 1. The molecule has 2 rings (SSSR count). The van der Waals surface area contributed by atoms with Gasteiger partial charge in [0.1, 0.15) is 5.82 Å². The van der Waals surface area contributed by atoms with E-state index in [0.717, 1.165) is 36.2 Å². The molecule has 4 nitrogen and oxygen atoms in total. The number of hydrogen-bond acceptors (Lipinski definition) is 4. The van der Waals surface area contributed by atoms with Crippen LogP contribution < -0.4 is 4.90 Å². The van der Waals surface area contributed by atoms with Gasteiger partial charge in [0.15, 0.2) is 0 Å². The Kier molecular flexibility index (Phi) is 4.71. The fourth-order valence-corrected chi connectivity index (χ4v) is 2.16. The summed E-state index contributed by atoms with van der Waals surface area (Å²) < 4.78 is 5.07. The summed E-state index contributed by atoms with van der Waals surface area (Å²) in [4.78, 5) is 6.64. The Hall–Kier alpha value is -1.65. The van der Waals surface area contributed by atoms with E-state index >= 15 is 0 Å². The Labute approximate surface area is 113 Å². The zero-order valence-corrected chi connectivity index (χ0v) is 11.5. The van der Waals surface area contributed by atoms with Gasteiger partial charge in [-0.25, -0.2) is 4.98 Å². The standard InChI is InChI=1S/C15H20N2O2/c1-17(8-5-9-19-2)15-14-7-4-3-6-12(14)10-13(11-18)16-15/h3-4,6-7,10,18H,5,8-9,11H2,1-2H3. The summed E-state index contributed by atoms with van der Waals surface area (Å²) in [7, 11) is 3.73. The maximum absolute atomic E-state index is 9.32. The third-order valence-corrected chi connectivity index (χ3v) is 3.14. The van der Waals surface area contributed by atoms with Crippen molar-refractivity contribution in [1.29, 1.82) is 0 Å². The van der Waals surface area contributed by atoms with Gasteiger partial charge in [0, 0.05) is 32.7 Å². The highest BCUT2D eigenvalue weighted by Crippen LogP contribution is 2.25. The van der Waals surface area contributed by atoms with Gasteiger partial charge in [0.25, 0.3) is 0 Å². The van der Waals surface area contributed by atoms with Crippen LogP contribution in [0.4, 0.5) is 5.82 Å². The predicted molar refractivity (Wildman–Crippen MR) is 77.4 cm³/mol. The summed E-state index contributed by atoms with van der Waals surface area (Å²) in [6.07, 6.45) is 0.951. The van der Waals surface area contributed by atoms with E-state index in [1.54, 1.807) is 7.11 Å². The Morgan fingerprint density at radius 3 is 2.84 bits per heavy atom. The molecule has 2 aromatic rings. The van der Waals surface area contributed by atoms with Crippen LogP contribution in [-0.2, 0) is 11.3 Å². The highest BCUT2D eigenvalue weighted by atomic mass is 16.5.